The Morgan fingerprint density at radius 3 is 2.48 bits per heavy atom. The Balaban J connectivity index is 1.52. The molecule has 1 heterocycles. The number of ether oxygens (including phenoxy) is 1. The van der Waals surface area contributed by atoms with Gasteiger partial charge >= 0.3 is 5.97 Å². The van der Waals surface area contributed by atoms with Crippen LogP contribution >= 0.6 is 11.3 Å². The van der Waals surface area contributed by atoms with Crippen LogP contribution < -0.4 is 10.6 Å². The van der Waals surface area contributed by atoms with Crippen LogP contribution in [-0.4, -0.2) is 24.9 Å². The third-order valence-electron chi connectivity index (χ3n) is 3.85. The van der Waals surface area contributed by atoms with Gasteiger partial charge in [0.05, 0.1) is 22.6 Å². The van der Waals surface area contributed by atoms with E-state index in [1.165, 1.54) is 18.4 Å². The maximum Gasteiger partial charge on any atom is 0.337 e. The molecule has 0 spiro atoms. The molecule has 0 atom stereocenters. The minimum absolute atomic E-state index is 0.0273. The molecule has 2 aromatic rings. The van der Waals surface area contributed by atoms with Crippen molar-refractivity contribution in [1.82, 2.24) is 5.32 Å². The Kier molecular flexibility index (Phi) is 5.14. The van der Waals surface area contributed by atoms with Crippen molar-refractivity contribution in [3.8, 4) is 0 Å². The number of nitrogens with one attached hydrogen (secondary N) is 2. The standard InChI is InChI=1S/C18H18N2O4S/c1-24-18(23)13-4-2-11(3-5-13)10-19-17(22)14-8-9-15(25-14)20-16(21)12-6-7-12/h2-5,8-9,12H,6-7,10H2,1H3,(H,19,22)(H,20,21). The van der Waals surface area contributed by atoms with E-state index in [0.29, 0.717) is 22.0 Å². The van der Waals surface area contributed by atoms with E-state index in [1.54, 1.807) is 36.4 Å². The van der Waals surface area contributed by atoms with Crippen molar-refractivity contribution in [3.63, 3.8) is 0 Å². The van der Waals surface area contributed by atoms with Gasteiger partial charge in [0.1, 0.15) is 0 Å². The number of methoxy groups -OCH3 is 1. The van der Waals surface area contributed by atoms with Gasteiger partial charge in [0.25, 0.3) is 5.91 Å². The van der Waals surface area contributed by atoms with E-state index in [0.717, 1.165) is 18.4 Å². The Labute approximate surface area is 149 Å². The van der Waals surface area contributed by atoms with E-state index >= 15 is 0 Å². The molecule has 130 valence electrons. The van der Waals surface area contributed by atoms with Crippen molar-refractivity contribution < 1.29 is 19.1 Å². The van der Waals surface area contributed by atoms with Crippen molar-refractivity contribution in [1.29, 1.82) is 0 Å². The molecule has 6 nitrogen and oxygen atoms in total. The molecule has 0 aliphatic heterocycles. The van der Waals surface area contributed by atoms with E-state index in [9.17, 15) is 14.4 Å². The molecule has 1 aromatic carbocycles. The van der Waals surface area contributed by atoms with Gasteiger partial charge in [0.2, 0.25) is 5.91 Å². The van der Waals surface area contributed by atoms with Crippen LogP contribution in [0.25, 0.3) is 0 Å². The van der Waals surface area contributed by atoms with Crippen LogP contribution in [0.3, 0.4) is 0 Å². The number of amides is 2. The summed E-state index contributed by atoms with van der Waals surface area (Å²) in [5, 5.41) is 6.34. The molecular formula is C18H18N2O4S. The van der Waals surface area contributed by atoms with Gasteiger partial charge < -0.3 is 15.4 Å². The SMILES string of the molecule is COC(=O)c1ccc(CNC(=O)c2ccc(NC(=O)C3CC3)s2)cc1. The van der Waals surface area contributed by atoms with Gasteiger partial charge in [-0.05, 0) is 42.7 Å². The first-order chi connectivity index (χ1) is 12.1. The predicted molar refractivity (Wildman–Crippen MR) is 94.6 cm³/mol. The van der Waals surface area contributed by atoms with Crippen LogP contribution in [0.2, 0.25) is 0 Å². The summed E-state index contributed by atoms with van der Waals surface area (Å²) in [6.07, 6.45) is 1.89. The van der Waals surface area contributed by atoms with Gasteiger partial charge in [0, 0.05) is 12.5 Å². The number of benzene rings is 1. The number of hydrogen-bond donors (Lipinski definition) is 2. The van der Waals surface area contributed by atoms with Gasteiger partial charge in [-0.25, -0.2) is 4.79 Å². The fourth-order valence-corrected chi connectivity index (χ4v) is 3.07. The Morgan fingerprint density at radius 1 is 1.12 bits per heavy atom. The number of carbonyl (C=O) groups is 3. The number of anilines is 1. The monoisotopic (exact) mass is 358 g/mol. The molecule has 1 aliphatic carbocycles. The van der Waals surface area contributed by atoms with Gasteiger partial charge in [-0.3, -0.25) is 9.59 Å². The lowest BCUT2D eigenvalue weighted by Gasteiger charge is -2.05. The number of thiophene rings is 1. The molecule has 25 heavy (non-hydrogen) atoms. The van der Waals surface area contributed by atoms with Crippen LogP contribution in [-0.2, 0) is 16.1 Å². The zero-order chi connectivity index (χ0) is 17.8. The molecule has 0 radical (unpaired) electrons. The lowest BCUT2D eigenvalue weighted by molar-refractivity contribution is -0.117. The van der Waals surface area contributed by atoms with Crippen LogP contribution in [0, 0.1) is 5.92 Å². The normalized spacial score (nSPS) is 13.2. The third-order valence-corrected chi connectivity index (χ3v) is 4.85. The molecule has 0 bridgehead atoms. The number of carbonyl (C=O) groups excluding carboxylic acids is 3. The molecule has 0 unspecified atom stereocenters. The van der Waals surface area contributed by atoms with Crippen molar-refractivity contribution in [3.05, 3.63) is 52.4 Å². The van der Waals surface area contributed by atoms with Crippen LogP contribution in [0.4, 0.5) is 5.00 Å². The second-order valence-electron chi connectivity index (χ2n) is 5.80. The fraction of sp³-hybridized carbons (Fsp3) is 0.278. The Bertz CT molecular complexity index is 794. The molecule has 1 aliphatic rings. The van der Waals surface area contributed by atoms with Crippen LogP contribution in [0.15, 0.2) is 36.4 Å². The van der Waals surface area contributed by atoms with Crippen molar-refractivity contribution in [2.45, 2.75) is 19.4 Å². The van der Waals surface area contributed by atoms with E-state index in [2.05, 4.69) is 15.4 Å². The molecule has 1 aromatic heterocycles. The predicted octanol–water partition coefficient (Wildman–Crippen LogP) is 2.81. The Hall–Kier alpha value is -2.67. The maximum absolute atomic E-state index is 12.2. The molecular weight excluding hydrogens is 340 g/mol. The van der Waals surface area contributed by atoms with Crippen LogP contribution in [0.5, 0.6) is 0 Å². The largest absolute Gasteiger partial charge is 0.465 e. The van der Waals surface area contributed by atoms with Crippen molar-refractivity contribution in [2.24, 2.45) is 5.92 Å². The summed E-state index contributed by atoms with van der Waals surface area (Å²) in [7, 11) is 1.33. The van der Waals surface area contributed by atoms with Crippen molar-refractivity contribution >= 4 is 34.1 Å². The molecule has 2 N–H and O–H groups in total. The summed E-state index contributed by atoms with van der Waals surface area (Å²) in [5.41, 5.74) is 1.34. The summed E-state index contributed by atoms with van der Waals surface area (Å²) >= 11 is 1.25. The Morgan fingerprint density at radius 2 is 1.84 bits per heavy atom. The maximum atomic E-state index is 12.2. The van der Waals surface area contributed by atoms with E-state index < -0.39 is 5.97 Å². The quantitative estimate of drug-likeness (QED) is 0.778. The second-order valence-corrected chi connectivity index (χ2v) is 6.88. The summed E-state index contributed by atoms with van der Waals surface area (Å²) < 4.78 is 4.64. The molecule has 1 saturated carbocycles. The summed E-state index contributed by atoms with van der Waals surface area (Å²) in [6, 6.07) is 10.3. The average Bonchev–Trinajstić information content (AvgIpc) is 3.39. The summed E-state index contributed by atoms with van der Waals surface area (Å²) in [5.74, 6) is -0.434. The highest BCUT2D eigenvalue weighted by Crippen LogP contribution is 2.31. The lowest BCUT2D eigenvalue weighted by Crippen LogP contribution is -2.21. The first kappa shape index (κ1) is 17.2. The molecule has 1 fully saturated rings. The highest BCUT2D eigenvalue weighted by molar-refractivity contribution is 7.18. The topological polar surface area (TPSA) is 84.5 Å². The van der Waals surface area contributed by atoms with E-state index in [-0.39, 0.29) is 17.7 Å². The number of rotatable bonds is 6. The van der Waals surface area contributed by atoms with Crippen LogP contribution in [0.1, 0.15) is 38.4 Å². The summed E-state index contributed by atoms with van der Waals surface area (Å²) in [4.78, 5) is 35.8. The van der Waals surface area contributed by atoms with Gasteiger partial charge in [-0.1, -0.05) is 12.1 Å². The molecule has 0 saturated heterocycles. The lowest BCUT2D eigenvalue weighted by atomic mass is 10.1. The molecule has 7 heteroatoms. The summed E-state index contributed by atoms with van der Waals surface area (Å²) in [6.45, 7) is 0.349. The number of esters is 1. The minimum atomic E-state index is -0.394. The fourth-order valence-electron chi connectivity index (χ4n) is 2.24. The second kappa shape index (κ2) is 7.48. The van der Waals surface area contributed by atoms with Gasteiger partial charge in [0.15, 0.2) is 0 Å². The van der Waals surface area contributed by atoms with E-state index in [1.807, 2.05) is 0 Å². The van der Waals surface area contributed by atoms with Gasteiger partial charge in [-0.15, -0.1) is 11.3 Å². The highest BCUT2D eigenvalue weighted by Gasteiger charge is 2.29. The zero-order valence-corrected chi connectivity index (χ0v) is 14.5. The zero-order valence-electron chi connectivity index (χ0n) is 13.7. The highest BCUT2D eigenvalue weighted by atomic mass is 32.1. The average molecular weight is 358 g/mol. The first-order valence-corrected chi connectivity index (χ1v) is 8.74. The van der Waals surface area contributed by atoms with Crippen molar-refractivity contribution in [2.75, 3.05) is 12.4 Å². The molecule has 2 amide bonds. The minimum Gasteiger partial charge on any atom is -0.465 e. The van der Waals surface area contributed by atoms with E-state index in [4.69, 9.17) is 0 Å². The molecule has 3 rings (SSSR count). The first-order valence-electron chi connectivity index (χ1n) is 7.93. The smallest absolute Gasteiger partial charge is 0.337 e. The van der Waals surface area contributed by atoms with Gasteiger partial charge in [-0.2, -0.15) is 0 Å². The third kappa shape index (κ3) is 4.45. The number of hydrogen-bond acceptors (Lipinski definition) is 5.